The molecule has 0 unspecified atom stereocenters. The zero-order chi connectivity index (χ0) is 8.43. The van der Waals surface area contributed by atoms with Crippen LogP contribution in [-0.2, 0) is 6.42 Å². The van der Waals surface area contributed by atoms with Crippen LogP contribution in [0.25, 0.3) is 0 Å². The summed E-state index contributed by atoms with van der Waals surface area (Å²) in [5, 5.41) is 0. The summed E-state index contributed by atoms with van der Waals surface area (Å²) in [5.74, 6) is 0. The van der Waals surface area contributed by atoms with E-state index in [1.807, 2.05) is 0 Å². The molecule has 0 spiro atoms. The fraction of sp³-hybridized carbons (Fsp3) is 0.333. The molecule has 0 radical (unpaired) electrons. The van der Waals surface area contributed by atoms with E-state index in [2.05, 4.69) is 47.8 Å². The molecule has 0 saturated heterocycles. The van der Waals surface area contributed by atoms with Crippen LogP contribution in [0.3, 0.4) is 0 Å². The van der Waals surface area contributed by atoms with Crippen molar-refractivity contribution in [2.45, 2.75) is 6.42 Å². The second-order valence-corrected chi connectivity index (χ2v) is 6.43. The van der Waals surface area contributed by atoms with Crippen LogP contribution < -0.4 is 5.73 Å². The van der Waals surface area contributed by atoms with Crippen molar-refractivity contribution in [2.24, 2.45) is 5.73 Å². The first-order valence-corrected chi connectivity index (χ1v) is 6.18. The number of halogens is 3. The molecule has 62 valence electrons. The van der Waals surface area contributed by atoms with Gasteiger partial charge >= 0.3 is 0 Å². The molecule has 0 saturated carbocycles. The van der Waals surface area contributed by atoms with Gasteiger partial charge in [0.25, 0.3) is 0 Å². The average molecular weight is 364 g/mol. The molecule has 0 aliphatic carbocycles. The van der Waals surface area contributed by atoms with Crippen molar-refractivity contribution < 1.29 is 0 Å². The smallest absolute Gasteiger partial charge is 0.0855 e. The van der Waals surface area contributed by atoms with Crippen LogP contribution in [-0.4, -0.2) is 6.54 Å². The van der Waals surface area contributed by atoms with E-state index in [0.717, 1.165) is 18.5 Å². The molecule has 0 amide bonds. The minimum absolute atomic E-state index is 0.681. The van der Waals surface area contributed by atoms with E-state index in [-0.39, 0.29) is 0 Å². The highest BCUT2D eigenvalue weighted by Crippen LogP contribution is 2.40. The maximum Gasteiger partial charge on any atom is 0.0855 e. The first-order chi connectivity index (χ1) is 5.16. The molecule has 0 bridgehead atoms. The Kier molecular flexibility index (Phi) is 4.04. The zero-order valence-corrected chi connectivity index (χ0v) is 11.1. The van der Waals surface area contributed by atoms with Crippen molar-refractivity contribution >= 4 is 59.1 Å². The van der Waals surface area contributed by atoms with Gasteiger partial charge in [0.05, 0.1) is 7.57 Å². The van der Waals surface area contributed by atoms with Gasteiger partial charge in [0.15, 0.2) is 0 Å². The first kappa shape index (κ1) is 10.2. The molecule has 1 aromatic rings. The van der Waals surface area contributed by atoms with E-state index in [1.54, 1.807) is 11.3 Å². The highest BCUT2D eigenvalue weighted by Gasteiger charge is 2.11. The van der Waals surface area contributed by atoms with E-state index in [9.17, 15) is 0 Å². The van der Waals surface area contributed by atoms with Gasteiger partial charge in [-0.3, -0.25) is 0 Å². The van der Waals surface area contributed by atoms with Crippen molar-refractivity contribution in [2.75, 3.05) is 6.54 Å². The normalized spacial score (nSPS) is 10.5. The van der Waals surface area contributed by atoms with Crippen molar-refractivity contribution in [3.63, 3.8) is 0 Å². The largest absolute Gasteiger partial charge is 0.330 e. The van der Waals surface area contributed by atoms with Gasteiger partial charge in [-0.2, -0.15) is 0 Å². The highest BCUT2D eigenvalue weighted by atomic mass is 79.9. The van der Waals surface area contributed by atoms with Crippen LogP contribution in [0.5, 0.6) is 0 Å². The molecule has 1 rings (SSSR count). The fourth-order valence-electron chi connectivity index (χ4n) is 0.742. The monoisotopic (exact) mass is 361 g/mol. The summed E-state index contributed by atoms with van der Waals surface area (Å²) in [4.78, 5) is 0. The van der Waals surface area contributed by atoms with E-state index in [0.29, 0.717) is 6.54 Å². The summed E-state index contributed by atoms with van der Waals surface area (Å²) in [6, 6.07) is 0. The summed E-state index contributed by atoms with van der Waals surface area (Å²) >= 11 is 12.1. The molecule has 0 atom stereocenters. The predicted octanol–water partition coefficient (Wildman–Crippen LogP) is 3.54. The molecule has 1 nitrogen and oxygen atoms in total. The van der Waals surface area contributed by atoms with E-state index in [4.69, 9.17) is 5.73 Å². The van der Waals surface area contributed by atoms with Gasteiger partial charge < -0.3 is 5.73 Å². The van der Waals surface area contributed by atoms with Crippen LogP contribution in [0.2, 0.25) is 0 Å². The minimum atomic E-state index is 0.681. The molecule has 0 aliphatic rings. The van der Waals surface area contributed by atoms with Crippen molar-refractivity contribution in [3.05, 3.63) is 17.6 Å². The van der Waals surface area contributed by atoms with Crippen LogP contribution in [0.15, 0.2) is 12.0 Å². The Labute approximate surface area is 94.7 Å². The summed E-state index contributed by atoms with van der Waals surface area (Å²) in [6.45, 7) is 0.681. The fourth-order valence-corrected chi connectivity index (χ4v) is 4.74. The molecular formula is C6H6Br3NS. The third kappa shape index (κ3) is 2.28. The molecular weight excluding hydrogens is 358 g/mol. The molecule has 0 fully saturated rings. The van der Waals surface area contributed by atoms with E-state index in [1.165, 1.54) is 5.56 Å². The number of hydrogen-bond acceptors (Lipinski definition) is 2. The lowest BCUT2D eigenvalue weighted by Crippen LogP contribution is -2.02. The third-order valence-corrected chi connectivity index (χ3v) is 5.57. The van der Waals surface area contributed by atoms with Crippen molar-refractivity contribution in [1.29, 1.82) is 0 Å². The van der Waals surface area contributed by atoms with Gasteiger partial charge in [-0.05, 0) is 66.3 Å². The lowest BCUT2D eigenvalue weighted by atomic mass is 10.2. The van der Waals surface area contributed by atoms with Gasteiger partial charge in [0.2, 0.25) is 0 Å². The SMILES string of the molecule is NCCc1c(Br)sc(Br)c1Br. The Morgan fingerprint density at radius 1 is 1.18 bits per heavy atom. The van der Waals surface area contributed by atoms with Crippen LogP contribution in [0, 0.1) is 0 Å². The topological polar surface area (TPSA) is 26.0 Å². The van der Waals surface area contributed by atoms with Gasteiger partial charge in [-0.25, -0.2) is 0 Å². The minimum Gasteiger partial charge on any atom is -0.330 e. The molecule has 0 aliphatic heterocycles. The Morgan fingerprint density at radius 3 is 2.18 bits per heavy atom. The quantitative estimate of drug-likeness (QED) is 0.854. The Bertz CT molecular complexity index is 259. The average Bonchev–Trinajstić information content (AvgIpc) is 2.17. The molecule has 1 heterocycles. The number of thiophene rings is 1. The van der Waals surface area contributed by atoms with Gasteiger partial charge in [-0.1, -0.05) is 0 Å². The van der Waals surface area contributed by atoms with Crippen molar-refractivity contribution in [1.82, 2.24) is 0 Å². The Hall–Kier alpha value is 1.10. The molecule has 5 heteroatoms. The van der Waals surface area contributed by atoms with Crippen molar-refractivity contribution in [3.8, 4) is 0 Å². The summed E-state index contributed by atoms with van der Waals surface area (Å²) in [6.07, 6.45) is 0.906. The first-order valence-electron chi connectivity index (χ1n) is 2.99. The van der Waals surface area contributed by atoms with Gasteiger partial charge in [-0.15, -0.1) is 11.3 Å². The van der Waals surface area contributed by atoms with E-state index < -0.39 is 0 Å². The second-order valence-electron chi connectivity index (χ2n) is 1.98. The maximum atomic E-state index is 5.46. The standard InChI is InChI=1S/C6H6Br3NS/c7-4-3(1-2-10)5(8)11-6(4)9/h1-2,10H2. The molecule has 11 heavy (non-hydrogen) atoms. The van der Waals surface area contributed by atoms with Crippen LogP contribution in [0.4, 0.5) is 0 Å². The highest BCUT2D eigenvalue weighted by molar-refractivity contribution is 9.14. The molecule has 2 N–H and O–H groups in total. The maximum absolute atomic E-state index is 5.46. The molecule has 1 aromatic heterocycles. The third-order valence-electron chi connectivity index (χ3n) is 1.25. The van der Waals surface area contributed by atoms with E-state index >= 15 is 0 Å². The lowest BCUT2D eigenvalue weighted by molar-refractivity contribution is 0.965. The second kappa shape index (κ2) is 4.37. The van der Waals surface area contributed by atoms with Gasteiger partial charge in [0.1, 0.15) is 0 Å². The number of rotatable bonds is 2. The molecule has 0 aromatic carbocycles. The predicted molar refractivity (Wildman–Crippen MR) is 60.2 cm³/mol. The van der Waals surface area contributed by atoms with Gasteiger partial charge in [0, 0.05) is 4.47 Å². The summed E-state index contributed by atoms with van der Waals surface area (Å²) in [7, 11) is 0. The lowest BCUT2D eigenvalue weighted by Gasteiger charge is -1.95. The van der Waals surface area contributed by atoms with Crippen LogP contribution in [0.1, 0.15) is 5.56 Å². The number of nitrogens with two attached hydrogens (primary N) is 1. The van der Waals surface area contributed by atoms with Crippen LogP contribution >= 0.6 is 59.1 Å². The summed E-state index contributed by atoms with van der Waals surface area (Å²) < 4.78 is 3.40. The summed E-state index contributed by atoms with van der Waals surface area (Å²) in [5.41, 5.74) is 6.71. The number of hydrogen-bond donors (Lipinski definition) is 1. The Morgan fingerprint density at radius 2 is 1.82 bits per heavy atom. The Balaban J connectivity index is 3.02. The zero-order valence-electron chi connectivity index (χ0n) is 5.53.